The van der Waals surface area contributed by atoms with E-state index in [0.29, 0.717) is 6.54 Å². The number of methoxy groups -OCH3 is 1. The van der Waals surface area contributed by atoms with Crippen molar-refractivity contribution in [3.63, 3.8) is 0 Å². The highest BCUT2D eigenvalue weighted by Gasteiger charge is 2.18. The van der Waals surface area contributed by atoms with Gasteiger partial charge >= 0.3 is 0 Å². The van der Waals surface area contributed by atoms with Crippen molar-refractivity contribution in [1.29, 1.82) is 0 Å². The van der Waals surface area contributed by atoms with E-state index in [1.54, 1.807) is 13.2 Å². The summed E-state index contributed by atoms with van der Waals surface area (Å²) < 4.78 is 5.24. The molecule has 1 aromatic carbocycles. The summed E-state index contributed by atoms with van der Waals surface area (Å²) in [6, 6.07) is 7.51. The van der Waals surface area contributed by atoms with Gasteiger partial charge in [-0.1, -0.05) is 25.1 Å². The third kappa shape index (κ3) is 5.98. The number of ether oxygens (including phenoxy) is 1. The molecule has 1 aromatic rings. The van der Waals surface area contributed by atoms with Gasteiger partial charge in [-0.05, 0) is 44.0 Å². The van der Waals surface area contributed by atoms with E-state index in [4.69, 9.17) is 4.74 Å². The molecule has 1 aliphatic heterocycles. The quantitative estimate of drug-likeness (QED) is 0.749. The molecule has 1 unspecified atom stereocenters. The maximum Gasteiger partial charge on any atom is 0.244 e. The summed E-state index contributed by atoms with van der Waals surface area (Å²) in [7, 11) is 1.60. The SMILES string of the molecule is COc1ccccc1/C=C/C(=O)NCC(O)CN1CCC(C)CC1. The Labute approximate surface area is 144 Å². The number of hydrogen-bond donors (Lipinski definition) is 2. The van der Waals surface area contributed by atoms with E-state index in [1.165, 1.54) is 18.9 Å². The predicted octanol–water partition coefficient (Wildman–Crippen LogP) is 1.92. The Kier molecular flexibility index (Phi) is 7.28. The molecule has 2 N–H and O–H groups in total. The Morgan fingerprint density at radius 2 is 2.12 bits per heavy atom. The minimum absolute atomic E-state index is 0.216. The van der Waals surface area contributed by atoms with Gasteiger partial charge in [0.15, 0.2) is 0 Å². The van der Waals surface area contributed by atoms with Crippen molar-refractivity contribution < 1.29 is 14.6 Å². The van der Waals surface area contributed by atoms with Gasteiger partial charge in [-0.3, -0.25) is 4.79 Å². The number of nitrogens with zero attached hydrogens (tertiary/aromatic N) is 1. The summed E-state index contributed by atoms with van der Waals surface area (Å²) in [6.07, 6.45) is 5.00. The van der Waals surface area contributed by atoms with Crippen LogP contribution in [-0.4, -0.2) is 55.3 Å². The van der Waals surface area contributed by atoms with Crippen LogP contribution in [0.4, 0.5) is 0 Å². The van der Waals surface area contributed by atoms with Gasteiger partial charge in [0.2, 0.25) is 5.91 Å². The molecule has 0 aliphatic carbocycles. The van der Waals surface area contributed by atoms with E-state index >= 15 is 0 Å². The Bertz CT molecular complexity index is 551. The molecule has 1 fully saturated rings. The van der Waals surface area contributed by atoms with Crippen LogP contribution in [-0.2, 0) is 4.79 Å². The second-order valence-corrected chi connectivity index (χ2v) is 6.46. The largest absolute Gasteiger partial charge is 0.496 e. The zero-order valence-corrected chi connectivity index (χ0v) is 14.6. The van der Waals surface area contributed by atoms with Gasteiger partial charge in [0.1, 0.15) is 5.75 Å². The van der Waals surface area contributed by atoms with Crippen molar-refractivity contribution in [3.05, 3.63) is 35.9 Å². The molecule has 24 heavy (non-hydrogen) atoms. The summed E-state index contributed by atoms with van der Waals surface area (Å²) in [5.74, 6) is 1.28. The second-order valence-electron chi connectivity index (χ2n) is 6.46. The Balaban J connectivity index is 1.73. The van der Waals surface area contributed by atoms with Gasteiger partial charge in [0.25, 0.3) is 0 Å². The highest BCUT2D eigenvalue weighted by Crippen LogP contribution is 2.18. The Hall–Kier alpha value is -1.85. The minimum atomic E-state index is -0.540. The summed E-state index contributed by atoms with van der Waals surface area (Å²) in [4.78, 5) is 14.2. The van der Waals surface area contributed by atoms with E-state index in [0.717, 1.165) is 30.3 Å². The number of amides is 1. The molecule has 0 spiro atoms. The summed E-state index contributed by atoms with van der Waals surface area (Å²) in [5.41, 5.74) is 0.845. The van der Waals surface area contributed by atoms with Crippen LogP contribution in [0, 0.1) is 5.92 Å². The lowest BCUT2D eigenvalue weighted by atomic mass is 9.99. The number of rotatable bonds is 7. The summed E-state index contributed by atoms with van der Waals surface area (Å²) in [5, 5.41) is 12.8. The van der Waals surface area contributed by atoms with Crippen LogP contribution in [0.3, 0.4) is 0 Å². The lowest BCUT2D eigenvalue weighted by Gasteiger charge is -2.31. The standard InChI is InChI=1S/C19H28N2O3/c1-15-9-11-21(12-10-15)14-17(22)13-20-19(23)8-7-16-5-3-4-6-18(16)24-2/h3-8,15,17,22H,9-14H2,1-2H3,(H,20,23)/b8-7+. The van der Waals surface area contributed by atoms with Gasteiger partial charge in [0.05, 0.1) is 13.2 Å². The van der Waals surface area contributed by atoms with Gasteiger partial charge in [0, 0.05) is 24.7 Å². The number of aliphatic hydroxyl groups excluding tert-OH is 1. The number of aliphatic hydroxyl groups is 1. The topological polar surface area (TPSA) is 61.8 Å². The van der Waals surface area contributed by atoms with E-state index in [2.05, 4.69) is 17.1 Å². The number of hydrogen-bond acceptors (Lipinski definition) is 4. The normalized spacial score (nSPS) is 17.8. The van der Waals surface area contributed by atoms with Gasteiger partial charge in [-0.2, -0.15) is 0 Å². The van der Waals surface area contributed by atoms with Crippen molar-refractivity contribution in [3.8, 4) is 5.75 Å². The zero-order chi connectivity index (χ0) is 17.4. The first-order chi connectivity index (χ1) is 11.6. The van der Waals surface area contributed by atoms with Crippen LogP contribution < -0.4 is 10.1 Å². The monoisotopic (exact) mass is 332 g/mol. The molecule has 0 bridgehead atoms. The fraction of sp³-hybridized carbons (Fsp3) is 0.526. The van der Waals surface area contributed by atoms with Crippen LogP contribution in [0.2, 0.25) is 0 Å². The van der Waals surface area contributed by atoms with Crippen molar-refractivity contribution >= 4 is 12.0 Å². The van der Waals surface area contributed by atoms with Gasteiger partial charge in [-0.25, -0.2) is 0 Å². The molecule has 2 rings (SSSR count). The van der Waals surface area contributed by atoms with Crippen molar-refractivity contribution in [2.24, 2.45) is 5.92 Å². The van der Waals surface area contributed by atoms with Crippen molar-refractivity contribution in [2.75, 3.05) is 33.3 Å². The maximum absolute atomic E-state index is 11.9. The smallest absolute Gasteiger partial charge is 0.244 e. The van der Waals surface area contributed by atoms with Crippen molar-refractivity contribution in [2.45, 2.75) is 25.9 Å². The van der Waals surface area contributed by atoms with Crippen LogP contribution in [0.1, 0.15) is 25.3 Å². The highest BCUT2D eigenvalue weighted by atomic mass is 16.5. The van der Waals surface area contributed by atoms with Crippen LogP contribution >= 0.6 is 0 Å². The van der Waals surface area contributed by atoms with Crippen molar-refractivity contribution in [1.82, 2.24) is 10.2 Å². The summed E-state index contributed by atoms with van der Waals surface area (Å²) >= 11 is 0. The molecule has 1 heterocycles. The highest BCUT2D eigenvalue weighted by molar-refractivity contribution is 5.92. The molecule has 5 heteroatoms. The average Bonchev–Trinajstić information content (AvgIpc) is 2.60. The van der Waals surface area contributed by atoms with E-state index < -0.39 is 6.10 Å². The lowest BCUT2D eigenvalue weighted by molar-refractivity contribution is -0.116. The molecular weight excluding hydrogens is 304 g/mol. The first kappa shape index (κ1) is 18.5. The first-order valence-electron chi connectivity index (χ1n) is 8.58. The fourth-order valence-electron chi connectivity index (χ4n) is 2.85. The van der Waals surface area contributed by atoms with E-state index in [9.17, 15) is 9.90 Å². The van der Waals surface area contributed by atoms with Gasteiger partial charge < -0.3 is 20.1 Å². The predicted molar refractivity (Wildman–Crippen MR) is 95.9 cm³/mol. The maximum atomic E-state index is 11.9. The molecule has 0 radical (unpaired) electrons. The van der Waals surface area contributed by atoms with Crippen LogP contribution in [0.25, 0.3) is 6.08 Å². The number of carbonyl (C=O) groups excluding carboxylic acids is 1. The third-order valence-corrected chi connectivity index (χ3v) is 4.41. The number of para-hydroxylation sites is 1. The molecule has 1 amide bonds. The molecular formula is C19H28N2O3. The lowest BCUT2D eigenvalue weighted by Crippen LogP contribution is -2.42. The fourth-order valence-corrected chi connectivity index (χ4v) is 2.85. The van der Waals surface area contributed by atoms with Gasteiger partial charge in [-0.15, -0.1) is 0 Å². The number of likely N-dealkylation sites (tertiary alicyclic amines) is 1. The molecule has 0 saturated carbocycles. The third-order valence-electron chi connectivity index (χ3n) is 4.41. The summed E-state index contributed by atoms with van der Waals surface area (Å²) in [6.45, 7) is 5.20. The molecule has 1 atom stereocenters. The Morgan fingerprint density at radius 3 is 2.83 bits per heavy atom. The number of piperidine rings is 1. The molecule has 132 valence electrons. The van der Waals surface area contributed by atoms with Crippen LogP contribution in [0.15, 0.2) is 30.3 Å². The first-order valence-corrected chi connectivity index (χ1v) is 8.58. The Morgan fingerprint density at radius 1 is 1.42 bits per heavy atom. The molecule has 1 saturated heterocycles. The van der Waals surface area contributed by atoms with Crippen LogP contribution in [0.5, 0.6) is 5.75 Å². The molecule has 1 aliphatic rings. The zero-order valence-electron chi connectivity index (χ0n) is 14.6. The number of β-amino-alcohol motifs (C(OH)–C–C–N with tert-alkyl or cyclic N) is 1. The average molecular weight is 332 g/mol. The molecule has 5 nitrogen and oxygen atoms in total. The second kappa shape index (κ2) is 9.45. The minimum Gasteiger partial charge on any atom is -0.496 e. The molecule has 0 aromatic heterocycles. The van der Waals surface area contributed by atoms with E-state index in [-0.39, 0.29) is 12.5 Å². The number of benzene rings is 1. The number of nitrogens with one attached hydrogen (secondary N) is 1. The van der Waals surface area contributed by atoms with E-state index in [1.807, 2.05) is 24.3 Å². The number of carbonyl (C=O) groups is 1.